The van der Waals surface area contributed by atoms with Gasteiger partial charge in [0.2, 0.25) is 0 Å². The minimum Gasteiger partial charge on any atom is -0.321 e. The van der Waals surface area contributed by atoms with Gasteiger partial charge in [-0.25, -0.2) is 9.37 Å². The molecule has 1 unspecified atom stereocenters. The Morgan fingerprint density at radius 3 is 2.90 bits per heavy atom. The van der Waals surface area contributed by atoms with Gasteiger partial charge in [0.05, 0.1) is 33.5 Å². The first-order chi connectivity index (χ1) is 9.56. The van der Waals surface area contributed by atoms with E-state index in [1.165, 1.54) is 23.5 Å². The third kappa shape index (κ3) is 2.41. The minimum atomic E-state index is -0.460. The van der Waals surface area contributed by atoms with Crippen LogP contribution in [0.25, 0.3) is 11.0 Å². The number of fused-ring (bicyclic) bond motifs is 1. The van der Waals surface area contributed by atoms with Gasteiger partial charge < -0.3 is 4.57 Å². The van der Waals surface area contributed by atoms with Crippen LogP contribution in [0.4, 0.5) is 4.39 Å². The summed E-state index contributed by atoms with van der Waals surface area (Å²) in [7, 11) is 0. The van der Waals surface area contributed by atoms with Gasteiger partial charge in [-0.15, -0.1) is 22.9 Å². The molecule has 20 heavy (non-hydrogen) atoms. The van der Waals surface area contributed by atoms with Crippen molar-refractivity contribution in [2.24, 2.45) is 0 Å². The predicted molar refractivity (Wildman–Crippen MR) is 80.2 cm³/mol. The lowest BCUT2D eigenvalue weighted by Crippen LogP contribution is -2.04. The Morgan fingerprint density at radius 1 is 1.45 bits per heavy atom. The average Bonchev–Trinajstić information content (AvgIpc) is 3.00. The molecule has 0 spiro atoms. The standard InChI is InChI=1S/C13H10Cl2FN3S/c1-7(14)13-18-11-2-9(15)10(16)3-12(11)19(13)5-8-4-17-6-20-8/h2-4,6-7H,5H2,1H3. The Hall–Kier alpha value is -1.17. The monoisotopic (exact) mass is 329 g/mol. The number of rotatable bonds is 3. The van der Waals surface area contributed by atoms with E-state index in [1.807, 2.05) is 11.5 Å². The second-order valence-corrected chi connectivity index (χ2v) is 6.43. The zero-order chi connectivity index (χ0) is 14.3. The van der Waals surface area contributed by atoms with Crippen molar-refractivity contribution in [2.75, 3.05) is 0 Å². The van der Waals surface area contributed by atoms with E-state index >= 15 is 0 Å². The number of alkyl halides is 1. The fraction of sp³-hybridized carbons (Fsp3) is 0.231. The van der Waals surface area contributed by atoms with Crippen molar-refractivity contribution in [3.8, 4) is 0 Å². The fourth-order valence-electron chi connectivity index (χ4n) is 2.08. The molecule has 1 atom stereocenters. The van der Waals surface area contributed by atoms with E-state index < -0.39 is 5.82 Å². The Morgan fingerprint density at radius 2 is 2.25 bits per heavy atom. The van der Waals surface area contributed by atoms with Gasteiger partial charge >= 0.3 is 0 Å². The Balaban J connectivity index is 2.20. The number of nitrogens with zero attached hydrogens (tertiary/aromatic N) is 3. The molecule has 2 aromatic heterocycles. The summed E-state index contributed by atoms with van der Waals surface area (Å²) in [6, 6.07) is 2.92. The number of imidazole rings is 1. The highest BCUT2D eigenvalue weighted by Crippen LogP contribution is 2.29. The van der Waals surface area contributed by atoms with Gasteiger partial charge in [0.1, 0.15) is 11.6 Å². The molecule has 0 aliphatic heterocycles. The van der Waals surface area contributed by atoms with Crippen LogP contribution in [0.3, 0.4) is 0 Å². The lowest BCUT2D eigenvalue weighted by Gasteiger charge is -2.09. The van der Waals surface area contributed by atoms with Crippen molar-refractivity contribution in [1.82, 2.24) is 14.5 Å². The molecule has 2 heterocycles. The maximum atomic E-state index is 13.7. The highest BCUT2D eigenvalue weighted by Gasteiger charge is 2.17. The van der Waals surface area contributed by atoms with Gasteiger partial charge in [-0.2, -0.15) is 0 Å². The average molecular weight is 330 g/mol. The second-order valence-electron chi connectivity index (χ2n) is 4.39. The molecule has 7 heteroatoms. The van der Waals surface area contributed by atoms with E-state index in [4.69, 9.17) is 23.2 Å². The summed E-state index contributed by atoms with van der Waals surface area (Å²) in [5.74, 6) is 0.232. The summed E-state index contributed by atoms with van der Waals surface area (Å²) in [6.07, 6.45) is 1.78. The largest absolute Gasteiger partial charge is 0.321 e. The smallest absolute Gasteiger partial charge is 0.144 e. The molecule has 3 rings (SSSR count). The summed E-state index contributed by atoms with van der Waals surface area (Å²) in [5.41, 5.74) is 3.08. The maximum Gasteiger partial charge on any atom is 0.144 e. The van der Waals surface area contributed by atoms with Crippen molar-refractivity contribution in [1.29, 1.82) is 0 Å². The van der Waals surface area contributed by atoms with Gasteiger partial charge in [0, 0.05) is 17.1 Å². The van der Waals surface area contributed by atoms with Gasteiger partial charge in [0.25, 0.3) is 0 Å². The first kappa shape index (κ1) is 13.8. The minimum absolute atomic E-state index is 0.0636. The van der Waals surface area contributed by atoms with E-state index in [-0.39, 0.29) is 10.4 Å². The normalized spacial score (nSPS) is 13.0. The van der Waals surface area contributed by atoms with E-state index in [1.54, 1.807) is 11.7 Å². The van der Waals surface area contributed by atoms with Crippen molar-refractivity contribution in [3.05, 3.63) is 45.4 Å². The maximum absolute atomic E-state index is 13.7. The molecule has 0 aliphatic carbocycles. The molecule has 0 saturated carbocycles. The first-order valence-electron chi connectivity index (χ1n) is 5.93. The number of halogens is 3. The molecule has 1 aromatic carbocycles. The predicted octanol–water partition coefficient (Wildman–Crippen LogP) is 4.63. The zero-order valence-electron chi connectivity index (χ0n) is 10.5. The molecule has 0 saturated heterocycles. The summed E-state index contributed by atoms with van der Waals surface area (Å²) in [6.45, 7) is 2.40. The Kier molecular flexibility index (Phi) is 3.67. The van der Waals surface area contributed by atoms with E-state index in [0.29, 0.717) is 23.4 Å². The molecule has 0 bridgehead atoms. The third-order valence-electron chi connectivity index (χ3n) is 2.97. The van der Waals surface area contributed by atoms with Crippen LogP contribution < -0.4 is 0 Å². The third-order valence-corrected chi connectivity index (χ3v) is 4.22. The second kappa shape index (κ2) is 5.31. The van der Waals surface area contributed by atoms with Crippen LogP contribution in [-0.2, 0) is 6.54 Å². The van der Waals surface area contributed by atoms with Crippen LogP contribution in [0.2, 0.25) is 5.02 Å². The van der Waals surface area contributed by atoms with Gasteiger partial charge in [-0.1, -0.05) is 11.6 Å². The highest BCUT2D eigenvalue weighted by atomic mass is 35.5. The highest BCUT2D eigenvalue weighted by molar-refractivity contribution is 7.09. The van der Waals surface area contributed by atoms with E-state index in [0.717, 1.165) is 4.88 Å². The van der Waals surface area contributed by atoms with Crippen LogP contribution in [0.5, 0.6) is 0 Å². The number of benzene rings is 1. The van der Waals surface area contributed by atoms with Crippen LogP contribution in [-0.4, -0.2) is 14.5 Å². The molecule has 0 amide bonds. The van der Waals surface area contributed by atoms with Crippen LogP contribution in [0.15, 0.2) is 23.8 Å². The Labute approximate surface area is 129 Å². The summed E-state index contributed by atoms with van der Waals surface area (Å²) < 4.78 is 15.6. The lowest BCUT2D eigenvalue weighted by molar-refractivity contribution is 0.628. The van der Waals surface area contributed by atoms with Crippen molar-refractivity contribution < 1.29 is 4.39 Å². The van der Waals surface area contributed by atoms with Crippen LogP contribution >= 0.6 is 34.5 Å². The van der Waals surface area contributed by atoms with Crippen LogP contribution in [0.1, 0.15) is 23.0 Å². The summed E-state index contributed by atoms with van der Waals surface area (Å²) in [4.78, 5) is 9.56. The summed E-state index contributed by atoms with van der Waals surface area (Å²) >= 11 is 13.5. The lowest BCUT2D eigenvalue weighted by atomic mass is 10.3. The molecule has 0 fully saturated rings. The number of thiazole rings is 1. The van der Waals surface area contributed by atoms with Gasteiger partial charge in [-0.3, -0.25) is 4.98 Å². The molecule has 104 valence electrons. The van der Waals surface area contributed by atoms with Crippen molar-refractivity contribution >= 4 is 45.6 Å². The Bertz CT molecular complexity index is 753. The molecule has 3 aromatic rings. The van der Waals surface area contributed by atoms with Crippen LogP contribution in [0, 0.1) is 5.82 Å². The number of aromatic nitrogens is 3. The molecular formula is C13H10Cl2FN3S. The van der Waals surface area contributed by atoms with Crippen molar-refractivity contribution in [2.45, 2.75) is 18.8 Å². The fourth-order valence-corrected chi connectivity index (χ4v) is 2.99. The molecule has 0 radical (unpaired) electrons. The zero-order valence-corrected chi connectivity index (χ0v) is 12.8. The topological polar surface area (TPSA) is 30.7 Å². The van der Waals surface area contributed by atoms with E-state index in [9.17, 15) is 4.39 Å². The molecule has 3 nitrogen and oxygen atoms in total. The number of hydrogen-bond acceptors (Lipinski definition) is 3. The molecule has 0 N–H and O–H groups in total. The van der Waals surface area contributed by atoms with Gasteiger partial charge in [-0.05, 0) is 13.0 Å². The van der Waals surface area contributed by atoms with E-state index in [2.05, 4.69) is 9.97 Å². The summed E-state index contributed by atoms with van der Waals surface area (Å²) in [5, 5.41) is -0.217. The SMILES string of the molecule is CC(Cl)c1nc2cc(Cl)c(F)cc2n1Cc1cncs1. The quantitative estimate of drug-likeness (QED) is 0.655. The molecule has 0 aliphatic rings. The first-order valence-corrected chi connectivity index (χ1v) is 7.62. The molecular weight excluding hydrogens is 320 g/mol. The van der Waals surface area contributed by atoms with Gasteiger partial charge in [0.15, 0.2) is 0 Å². The number of hydrogen-bond donors (Lipinski definition) is 0. The van der Waals surface area contributed by atoms with Crippen molar-refractivity contribution in [3.63, 3.8) is 0 Å².